The fraction of sp³-hybridized carbons (Fsp3) is 0.600. The highest BCUT2D eigenvalue weighted by Gasteiger charge is 2.04. The van der Waals surface area contributed by atoms with Crippen molar-refractivity contribution in [3.63, 3.8) is 0 Å². The van der Waals surface area contributed by atoms with Crippen molar-refractivity contribution >= 4 is 0 Å². The van der Waals surface area contributed by atoms with Gasteiger partial charge < -0.3 is 4.74 Å². The number of aryl methyl sites for hydroxylation is 3. The molecule has 1 nitrogen and oxygen atoms in total. The van der Waals surface area contributed by atoms with E-state index in [0.29, 0.717) is 0 Å². The molecule has 0 radical (unpaired) electrons. The quantitative estimate of drug-likeness (QED) is 0.692. The number of ether oxygens (including phenoxy) is 1. The Morgan fingerprint density at radius 2 is 1.50 bits per heavy atom. The highest BCUT2D eigenvalue weighted by Crippen LogP contribution is 2.24. The third kappa shape index (κ3) is 5.20. The summed E-state index contributed by atoms with van der Waals surface area (Å²) in [7, 11) is 1.73. The van der Waals surface area contributed by atoms with E-state index in [4.69, 9.17) is 4.74 Å². The second-order valence-corrected chi connectivity index (χ2v) is 3.13. The largest absolute Gasteiger partial charge is 0.496 e. The van der Waals surface area contributed by atoms with E-state index in [1.54, 1.807) is 7.11 Å². The summed E-state index contributed by atoms with van der Waals surface area (Å²) in [4.78, 5) is 0. The molecule has 0 unspecified atom stereocenters. The van der Waals surface area contributed by atoms with Crippen molar-refractivity contribution in [2.75, 3.05) is 7.11 Å². The molecule has 94 valence electrons. The van der Waals surface area contributed by atoms with Crippen LogP contribution in [0, 0.1) is 13.8 Å². The molecule has 0 saturated heterocycles. The van der Waals surface area contributed by atoms with Crippen LogP contribution >= 0.6 is 0 Å². The van der Waals surface area contributed by atoms with Crippen LogP contribution in [0.15, 0.2) is 12.1 Å². The molecule has 0 N–H and O–H groups in total. The van der Waals surface area contributed by atoms with E-state index in [9.17, 15) is 0 Å². The van der Waals surface area contributed by atoms with Gasteiger partial charge >= 0.3 is 0 Å². The first kappa shape index (κ1) is 17.4. The molecule has 1 aromatic rings. The van der Waals surface area contributed by atoms with Crippen molar-refractivity contribution < 1.29 is 4.74 Å². The third-order valence-electron chi connectivity index (χ3n) is 2.08. The molecule has 0 saturated carbocycles. The molecule has 1 aromatic carbocycles. The van der Waals surface area contributed by atoms with E-state index < -0.39 is 0 Å². The normalized spacial score (nSPS) is 8.25. The molecule has 0 atom stereocenters. The van der Waals surface area contributed by atoms with Gasteiger partial charge in [-0.1, -0.05) is 52.3 Å². The zero-order chi connectivity index (χ0) is 13.1. The summed E-state index contributed by atoms with van der Waals surface area (Å²) in [5, 5.41) is 0. The molecule has 0 heterocycles. The second-order valence-electron chi connectivity index (χ2n) is 3.13. The maximum absolute atomic E-state index is 5.32. The molecule has 0 aliphatic heterocycles. The summed E-state index contributed by atoms with van der Waals surface area (Å²) in [6.07, 6.45) is 1.03. The maximum Gasteiger partial charge on any atom is 0.124 e. The zero-order valence-corrected chi connectivity index (χ0v) is 12.3. The summed E-state index contributed by atoms with van der Waals surface area (Å²) >= 11 is 0. The molecule has 1 rings (SSSR count). The monoisotopic (exact) mass is 224 g/mol. The number of hydrogen-bond acceptors (Lipinski definition) is 1. The molecule has 0 bridgehead atoms. The fourth-order valence-electron chi connectivity index (χ4n) is 1.60. The molecule has 0 spiro atoms. The molecule has 16 heavy (non-hydrogen) atoms. The summed E-state index contributed by atoms with van der Waals surface area (Å²) in [6.45, 7) is 14.4. The van der Waals surface area contributed by atoms with Crippen molar-refractivity contribution in [1.82, 2.24) is 0 Å². The summed E-state index contributed by atoms with van der Waals surface area (Å²) in [6, 6.07) is 4.34. The molecular weight excluding hydrogens is 196 g/mol. The van der Waals surface area contributed by atoms with Crippen LogP contribution in [0.3, 0.4) is 0 Å². The van der Waals surface area contributed by atoms with Gasteiger partial charge in [-0.3, -0.25) is 0 Å². The summed E-state index contributed by atoms with van der Waals surface area (Å²) in [5.74, 6) is 1.04. The van der Waals surface area contributed by atoms with Crippen LogP contribution in [-0.2, 0) is 6.42 Å². The first-order valence-corrected chi connectivity index (χ1v) is 6.33. The predicted molar refractivity (Wildman–Crippen MR) is 74.5 cm³/mol. The molecule has 0 aliphatic rings. The van der Waals surface area contributed by atoms with Crippen molar-refractivity contribution in [2.24, 2.45) is 0 Å². The molecule has 0 amide bonds. The smallest absolute Gasteiger partial charge is 0.124 e. The van der Waals surface area contributed by atoms with Crippen LogP contribution < -0.4 is 4.74 Å². The lowest BCUT2D eigenvalue weighted by atomic mass is 10.0. The standard InChI is InChI=1S/C11H16O.2C2H6/c1-5-10-7-8(2)6-9(3)11(10)12-4;2*1-2/h6-7H,5H2,1-4H3;2*1-2H3. The van der Waals surface area contributed by atoms with E-state index in [-0.39, 0.29) is 0 Å². The van der Waals surface area contributed by atoms with E-state index in [0.717, 1.165) is 12.2 Å². The maximum atomic E-state index is 5.32. The topological polar surface area (TPSA) is 9.23 Å². The molecule has 1 heteroatoms. The van der Waals surface area contributed by atoms with Crippen molar-refractivity contribution in [2.45, 2.75) is 54.9 Å². The third-order valence-corrected chi connectivity index (χ3v) is 2.08. The van der Waals surface area contributed by atoms with E-state index in [2.05, 4.69) is 32.9 Å². The van der Waals surface area contributed by atoms with Gasteiger partial charge in [-0.15, -0.1) is 0 Å². The average molecular weight is 224 g/mol. The molecule has 0 fully saturated rings. The zero-order valence-electron chi connectivity index (χ0n) is 12.3. The van der Waals surface area contributed by atoms with E-state index in [1.165, 1.54) is 16.7 Å². The van der Waals surface area contributed by atoms with Gasteiger partial charge in [0.1, 0.15) is 5.75 Å². The van der Waals surface area contributed by atoms with Gasteiger partial charge in [0, 0.05) is 0 Å². The van der Waals surface area contributed by atoms with Gasteiger partial charge in [-0.2, -0.15) is 0 Å². The highest BCUT2D eigenvalue weighted by atomic mass is 16.5. The minimum absolute atomic E-state index is 1.03. The number of benzene rings is 1. The van der Waals surface area contributed by atoms with Crippen LogP contribution in [0.4, 0.5) is 0 Å². The fourth-order valence-corrected chi connectivity index (χ4v) is 1.60. The summed E-state index contributed by atoms with van der Waals surface area (Å²) in [5.41, 5.74) is 3.84. The number of hydrogen-bond donors (Lipinski definition) is 0. The van der Waals surface area contributed by atoms with Crippen molar-refractivity contribution in [3.05, 3.63) is 28.8 Å². The van der Waals surface area contributed by atoms with Gasteiger partial charge in [0.25, 0.3) is 0 Å². The van der Waals surface area contributed by atoms with Crippen LogP contribution in [0.5, 0.6) is 5.75 Å². The Hall–Kier alpha value is -0.980. The van der Waals surface area contributed by atoms with Crippen molar-refractivity contribution in [3.8, 4) is 5.75 Å². The lowest BCUT2D eigenvalue weighted by Crippen LogP contribution is -1.94. The van der Waals surface area contributed by atoms with Crippen LogP contribution in [-0.4, -0.2) is 7.11 Å². The first-order chi connectivity index (χ1) is 7.69. The van der Waals surface area contributed by atoms with Gasteiger partial charge in [0.05, 0.1) is 7.11 Å². The van der Waals surface area contributed by atoms with E-state index in [1.807, 2.05) is 27.7 Å². The van der Waals surface area contributed by atoms with Crippen LogP contribution in [0.1, 0.15) is 51.3 Å². The van der Waals surface area contributed by atoms with Crippen molar-refractivity contribution in [1.29, 1.82) is 0 Å². The Balaban J connectivity index is 0. The van der Waals surface area contributed by atoms with Gasteiger partial charge in [0.2, 0.25) is 0 Å². The number of methoxy groups -OCH3 is 1. The highest BCUT2D eigenvalue weighted by molar-refractivity contribution is 5.43. The van der Waals surface area contributed by atoms with Gasteiger partial charge in [-0.05, 0) is 31.4 Å². The minimum atomic E-state index is 1.03. The lowest BCUT2D eigenvalue weighted by molar-refractivity contribution is 0.407. The van der Waals surface area contributed by atoms with E-state index >= 15 is 0 Å². The Morgan fingerprint density at radius 1 is 1.00 bits per heavy atom. The summed E-state index contributed by atoms with van der Waals surface area (Å²) < 4.78 is 5.32. The average Bonchev–Trinajstić information content (AvgIpc) is 2.33. The second kappa shape index (κ2) is 10.5. The Morgan fingerprint density at radius 3 is 1.88 bits per heavy atom. The minimum Gasteiger partial charge on any atom is -0.496 e. The number of rotatable bonds is 2. The predicted octanol–water partition coefficient (Wildman–Crippen LogP) is 4.93. The van der Waals surface area contributed by atoms with Crippen LogP contribution in [0.25, 0.3) is 0 Å². The lowest BCUT2D eigenvalue weighted by Gasteiger charge is -2.10. The van der Waals surface area contributed by atoms with Gasteiger partial charge in [0.15, 0.2) is 0 Å². The molecule has 0 aromatic heterocycles. The molecule has 0 aliphatic carbocycles. The Labute approximate surface area is 102 Å². The Kier molecular flexibility index (Phi) is 11.5. The molecular formula is C15H28O. The van der Waals surface area contributed by atoms with Crippen LogP contribution in [0.2, 0.25) is 0 Å². The SMILES string of the molecule is CC.CC.CCc1cc(C)cc(C)c1OC. The Bertz CT molecular complexity index is 277. The first-order valence-electron chi connectivity index (χ1n) is 6.33. The van der Waals surface area contributed by atoms with Gasteiger partial charge in [-0.25, -0.2) is 0 Å².